The zero-order valence-corrected chi connectivity index (χ0v) is 14.7. The molecule has 0 saturated carbocycles. The van der Waals surface area contributed by atoms with Crippen molar-refractivity contribution in [1.82, 2.24) is 0 Å². The summed E-state index contributed by atoms with van der Waals surface area (Å²) in [4.78, 5) is 14.3. The molecule has 118 valence electrons. The molecule has 0 aliphatic heterocycles. The van der Waals surface area contributed by atoms with Crippen molar-refractivity contribution in [2.24, 2.45) is 0 Å². The smallest absolute Gasteiger partial charge is 0.194 e. The van der Waals surface area contributed by atoms with Crippen LogP contribution in [0.5, 0.6) is 5.75 Å². The third kappa shape index (κ3) is 2.66. The van der Waals surface area contributed by atoms with Crippen molar-refractivity contribution >= 4 is 27.2 Å². The van der Waals surface area contributed by atoms with E-state index in [-0.39, 0.29) is 5.78 Å². The summed E-state index contributed by atoms with van der Waals surface area (Å²) in [5.41, 5.74) is 3.58. The second-order valence-electron chi connectivity index (χ2n) is 5.72. The average Bonchev–Trinajstić information content (AvgIpc) is 2.92. The first-order valence-electron chi connectivity index (χ1n) is 7.77. The van der Waals surface area contributed by atoms with Crippen LogP contribution in [-0.2, 0) is 6.42 Å². The standard InChI is InChI=1S/C20H20O2S/c1-5-16-18(15-8-6-7-9-17(15)23-16)19(21)14-10-12(2)20(22-4)13(3)11-14/h6-11H,5H2,1-4H3. The van der Waals surface area contributed by atoms with E-state index in [4.69, 9.17) is 4.74 Å². The monoisotopic (exact) mass is 324 g/mol. The zero-order chi connectivity index (χ0) is 16.6. The summed E-state index contributed by atoms with van der Waals surface area (Å²) in [5.74, 6) is 0.959. The molecule has 0 amide bonds. The molecule has 0 saturated heterocycles. The number of fused-ring (bicyclic) bond motifs is 1. The Morgan fingerprint density at radius 1 is 1.13 bits per heavy atom. The molecular formula is C20H20O2S. The maximum absolute atomic E-state index is 13.2. The van der Waals surface area contributed by atoms with Gasteiger partial charge in [-0.3, -0.25) is 4.79 Å². The van der Waals surface area contributed by atoms with Gasteiger partial charge in [0, 0.05) is 26.1 Å². The first-order valence-corrected chi connectivity index (χ1v) is 8.58. The third-order valence-corrected chi connectivity index (χ3v) is 5.46. The molecule has 3 rings (SSSR count). The summed E-state index contributed by atoms with van der Waals surface area (Å²) < 4.78 is 6.58. The average molecular weight is 324 g/mol. The van der Waals surface area contributed by atoms with Gasteiger partial charge in [-0.2, -0.15) is 0 Å². The van der Waals surface area contributed by atoms with Crippen molar-refractivity contribution in [3.8, 4) is 5.75 Å². The zero-order valence-electron chi connectivity index (χ0n) is 13.9. The normalized spacial score (nSPS) is 11.0. The van der Waals surface area contributed by atoms with Crippen LogP contribution in [0.25, 0.3) is 10.1 Å². The highest BCUT2D eigenvalue weighted by Gasteiger charge is 2.20. The van der Waals surface area contributed by atoms with Gasteiger partial charge >= 0.3 is 0 Å². The lowest BCUT2D eigenvalue weighted by atomic mass is 9.96. The molecule has 0 aliphatic carbocycles. The fourth-order valence-corrected chi connectivity index (χ4v) is 4.28. The van der Waals surface area contributed by atoms with Crippen LogP contribution >= 0.6 is 11.3 Å². The van der Waals surface area contributed by atoms with E-state index >= 15 is 0 Å². The molecule has 0 unspecified atom stereocenters. The van der Waals surface area contributed by atoms with Gasteiger partial charge in [0.15, 0.2) is 5.78 Å². The first-order chi connectivity index (χ1) is 11.1. The van der Waals surface area contributed by atoms with E-state index in [0.717, 1.165) is 44.7 Å². The number of carbonyl (C=O) groups is 1. The van der Waals surface area contributed by atoms with Gasteiger partial charge in [-0.25, -0.2) is 0 Å². The highest BCUT2D eigenvalue weighted by atomic mass is 32.1. The predicted molar refractivity (Wildman–Crippen MR) is 97.1 cm³/mol. The van der Waals surface area contributed by atoms with Gasteiger partial charge in [0.05, 0.1) is 7.11 Å². The molecule has 0 spiro atoms. The molecule has 0 fully saturated rings. The second kappa shape index (κ2) is 6.17. The summed E-state index contributed by atoms with van der Waals surface area (Å²) in [6.45, 7) is 6.07. The van der Waals surface area contributed by atoms with Crippen LogP contribution < -0.4 is 4.74 Å². The van der Waals surface area contributed by atoms with Crippen LogP contribution in [0.3, 0.4) is 0 Å². The van der Waals surface area contributed by atoms with Gasteiger partial charge in [-0.15, -0.1) is 11.3 Å². The number of thiophene rings is 1. The molecule has 0 radical (unpaired) electrons. The Morgan fingerprint density at radius 3 is 2.39 bits per heavy atom. The molecule has 23 heavy (non-hydrogen) atoms. The molecular weight excluding hydrogens is 304 g/mol. The van der Waals surface area contributed by atoms with Gasteiger partial charge in [0.25, 0.3) is 0 Å². The van der Waals surface area contributed by atoms with Crippen molar-refractivity contribution in [3.63, 3.8) is 0 Å². The van der Waals surface area contributed by atoms with Crippen LogP contribution in [0.2, 0.25) is 0 Å². The van der Waals surface area contributed by atoms with Gasteiger partial charge in [-0.1, -0.05) is 25.1 Å². The molecule has 0 N–H and O–H groups in total. The number of hydrogen-bond acceptors (Lipinski definition) is 3. The van der Waals surface area contributed by atoms with Crippen LogP contribution in [-0.4, -0.2) is 12.9 Å². The van der Waals surface area contributed by atoms with Crippen LogP contribution in [0.4, 0.5) is 0 Å². The number of rotatable bonds is 4. The van der Waals surface area contributed by atoms with Crippen LogP contribution in [0.15, 0.2) is 36.4 Å². The topological polar surface area (TPSA) is 26.3 Å². The van der Waals surface area contributed by atoms with Gasteiger partial charge < -0.3 is 4.74 Å². The van der Waals surface area contributed by atoms with E-state index in [1.54, 1.807) is 18.4 Å². The molecule has 1 heterocycles. The number of hydrogen-bond donors (Lipinski definition) is 0. The Balaban J connectivity index is 2.18. The lowest BCUT2D eigenvalue weighted by Crippen LogP contribution is -2.05. The quantitative estimate of drug-likeness (QED) is 0.607. The number of benzene rings is 2. The summed E-state index contributed by atoms with van der Waals surface area (Å²) in [6, 6.07) is 12.0. The van der Waals surface area contributed by atoms with Crippen molar-refractivity contribution in [3.05, 3.63) is 63.5 Å². The Hall–Kier alpha value is -2.13. The predicted octanol–water partition coefficient (Wildman–Crippen LogP) is 5.32. The number of methoxy groups -OCH3 is 1. The maximum Gasteiger partial charge on any atom is 0.194 e. The summed E-state index contributed by atoms with van der Waals surface area (Å²) >= 11 is 1.72. The minimum atomic E-state index is 0.105. The van der Waals surface area contributed by atoms with E-state index in [1.165, 1.54) is 4.70 Å². The Kier molecular flexibility index (Phi) is 4.22. The molecule has 0 atom stereocenters. The van der Waals surface area contributed by atoms with Crippen molar-refractivity contribution in [2.75, 3.05) is 7.11 Å². The Labute approximate surface area is 140 Å². The number of ether oxygens (including phenoxy) is 1. The van der Waals surface area contributed by atoms with E-state index in [0.29, 0.717) is 0 Å². The molecule has 2 nitrogen and oxygen atoms in total. The second-order valence-corrected chi connectivity index (χ2v) is 6.86. The first kappa shape index (κ1) is 15.8. The summed E-state index contributed by atoms with van der Waals surface area (Å²) in [7, 11) is 1.67. The van der Waals surface area contributed by atoms with Crippen molar-refractivity contribution in [1.29, 1.82) is 0 Å². The lowest BCUT2D eigenvalue weighted by Gasteiger charge is -2.11. The van der Waals surface area contributed by atoms with Crippen molar-refractivity contribution < 1.29 is 9.53 Å². The van der Waals surface area contributed by atoms with Crippen molar-refractivity contribution in [2.45, 2.75) is 27.2 Å². The molecule has 0 bridgehead atoms. The third-order valence-electron chi connectivity index (χ3n) is 4.14. The fraction of sp³-hybridized carbons (Fsp3) is 0.250. The maximum atomic E-state index is 13.2. The van der Waals surface area contributed by atoms with Gasteiger partial charge in [0.1, 0.15) is 5.75 Å². The Morgan fingerprint density at radius 2 is 1.78 bits per heavy atom. The number of carbonyl (C=O) groups excluding carboxylic acids is 1. The minimum absolute atomic E-state index is 0.105. The molecule has 1 aromatic heterocycles. The van der Waals surface area contributed by atoms with E-state index in [9.17, 15) is 4.79 Å². The van der Waals surface area contributed by atoms with Crippen LogP contribution in [0, 0.1) is 13.8 Å². The molecule has 3 aromatic rings. The van der Waals surface area contributed by atoms with Crippen LogP contribution in [0.1, 0.15) is 38.8 Å². The van der Waals surface area contributed by atoms with E-state index in [1.807, 2.05) is 44.2 Å². The Bertz CT molecular complexity index is 867. The minimum Gasteiger partial charge on any atom is -0.496 e. The summed E-state index contributed by atoms with van der Waals surface area (Å²) in [6.07, 6.45) is 0.870. The molecule has 3 heteroatoms. The molecule has 2 aromatic carbocycles. The van der Waals surface area contributed by atoms with Gasteiger partial charge in [0.2, 0.25) is 0 Å². The lowest BCUT2D eigenvalue weighted by molar-refractivity contribution is 0.103. The fourth-order valence-electron chi connectivity index (χ4n) is 3.14. The molecule has 0 aliphatic rings. The van der Waals surface area contributed by atoms with E-state index in [2.05, 4.69) is 13.0 Å². The highest BCUT2D eigenvalue weighted by Crippen LogP contribution is 2.34. The largest absolute Gasteiger partial charge is 0.496 e. The number of ketones is 1. The summed E-state index contributed by atoms with van der Waals surface area (Å²) in [5, 5.41) is 1.06. The van der Waals surface area contributed by atoms with Gasteiger partial charge in [-0.05, 0) is 49.6 Å². The SMILES string of the molecule is CCc1sc2ccccc2c1C(=O)c1cc(C)c(OC)c(C)c1. The van der Waals surface area contributed by atoms with E-state index < -0.39 is 0 Å². The number of aryl methyl sites for hydroxylation is 3. The highest BCUT2D eigenvalue weighted by molar-refractivity contribution is 7.19.